The Morgan fingerprint density at radius 3 is 2.80 bits per heavy atom. The first-order chi connectivity index (χ1) is 7.09. The first-order valence-corrected chi connectivity index (χ1v) is 4.67. The second-order valence-corrected chi connectivity index (χ2v) is 3.63. The Balaban J connectivity index is 2.66. The van der Waals surface area contributed by atoms with Crippen molar-refractivity contribution in [1.29, 1.82) is 0 Å². The van der Waals surface area contributed by atoms with E-state index in [4.69, 9.17) is 5.11 Å². The summed E-state index contributed by atoms with van der Waals surface area (Å²) in [5.74, 6) is -0.164. The number of carbonyl (C=O) groups is 1. The molecule has 0 aliphatic rings. The molecular weight excluding hydrogens is 194 g/mol. The quantitative estimate of drug-likeness (QED) is 0.807. The summed E-state index contributed by atoms with van der Waals surface area (Å²) in [5, 5.41) is 13.1. The number of hydrogen-bond donors (Lipinski definition) is 1. The van der Waals surface area contributed by atoms with Crippen molar-refractivity contribution in [2.24, 2.45) is 0 Å². The zero-order chi connectivity index (χ0) is 11.0. The molecule has 0 amide bonds. The van der Waals surface area contributed by atoms with E-state index < -0.39 is 5.97 Å². The largest absolute Gasteiger partial charge is 0.477 e. The third-order valence-corrected chi connectivity index (χ3v) is 2.15. The van der Waals surface area contributed by atoms with Crippen molar-refractivity contribution in [3.63, 3.8) is 0 Å². The lowest BCUT2D eigenvalue weighted by atomic mass is 10.2. The Morgan fingerprint density at radius 2 is 2.20 bits per heavy atom. The van der Waals surface area contributed by atoms with Gasteiger partial charge in [-0.15, -0.1) is 0 Å². The number of carboxylic acid groups (broad SMARTS) is 1. The van der Waals surface area contributed by atoms with Crippen LogP contribution in [0.15, 0.2) is 18.3 Å². The van der Waals surface area contributed by atoms with Crippen LogP contribution in [0.5, 0.6) is 0 Å². The number of nitrogens with zero attached hydrogens (tertiary/aromatic N) is 3. The third kappa shape index (κ3) is 1.56. The first-order valence-electron chi connectivity index (χ1n) is 4.67. The highest BCUT2D eigenvalue weighted by molar-refractivity contribution is 5.87. The Morgan fingerprint density at radius 1 is 1.47 bits per heavy atom. The molecule has 2 heterocycles. The molecule has 0 aromatic carbocycles. The minimum absolute atomic E-state index is 0.161. The fourth-order valence-corrected chi connectivity index (χ4v) is 1.34. The van der Waals surface area contributed by atoms with Gasteiger partial charge in [0.1, 0.15) is 0 Å². The molecule has 2 aromatic heterocycles. The molecule has 0 saturated carbocycles. The monoisotopic (exact) mass is 205 g/mol. The number of fused-ring (bicyclic) bond motifs is 1. The van der Waals surface area contributed by atoms with Gasteiger partial charge in [0.05, 0.1) is 11.7 Å². The number of aromatic carboxylic acids is 1. The fraction of sp³-hybridized carbons (Fsp3) is 0.300. The van der Waals surface area contributed by atoms with Gasteiger partial charge in [0.2, 0.25) is 0 Å². The van der Waals surface area contributed by atoms with Crippen LogP contribution in [0.4, 0.5) is 0 Å². The van der Waals surface area contributed by atoms with Gasteiger partial charge in [-0.05, 0) is 12.1 Å². The summed E-state index contributed by atoms with van der Waals surface area (Å²) < 4.78 is 1.41. The molecule has 5 heteroatoms. The Bertz CT molecular complexity index is 516. The Kier molecular flexibility index (Phi) is 2.15. The van der Waals surface area contributed by atoms with E-state index in [1.165, 1.54) is 10.6 Å². The Labute approximate surface area is 86.4 Å². The SMILES string of the molecule is CC(C)c1ncc2ccc(C(=O)O)n2n1. The van der Waals surface area contributed by atoms with Crippen molar-refractivity contribution in [3.05, 3.63) is 29.8 Å². The summed E-state index contributed by atoms with van der Waals surface area (Å²) in [7, 11) is 0. The normalized spacial score (nSPS) is 11.1. The second kappa shape index (κ2) is 3.34. The summed E-state index contributed by atoms with van der Waals surface area (Å²) in [6.07, 6.45) is 1.63. The van der Waals surface area contributed by atoms with E-state index in [0.717, 1.165) is 0 Å². The molecule has 15 heavy (non-hydrogen) atoms. The average Bonchev–Trinajstić information content (AvgIpc) is 2.59. The molecule has 1 N–H and O–H groups in total. The highest BCUT2D eigenvalue weighted by Gasteiger charge is 2.11. The van der Waals surface area contributed by atoms with Crippen LogP contribution in [0.3, 0.4) is 0 Å². The van der Waals surface area contributed by atoms with Crippen LogP contribution in [-0.4, -0.2) is 25.7 Å². The number of aromatic nitrogens is 3. The molecule has 0 bridgehead atoms. The molecule has 0 aliphatic carbocycles. The lowest BCUT2D eigenvalue weighted by Gasteiger charge is -2.04. The van der Waals surface area contributed by atoms with Gasteiger partial charge in [-0.2, -0.15) is 5.10 Å². The standard InChI is InChI=1S/C10H11N3O2/c1-6(2)9-11-5-7-3-4-8(10(14)15)13(7)12-9/h3-6H,1-2H3,(H,14,15). The van der Waals surface area contributed by atoms with Gasteiger partial charge < -0.3 is 5.11 Å². The highest BCUT2D eigenvalue weighted by Crippen LogP contribution is 2.12. The molecule has 0 radical (unpaired) electrons. The van der Waals surface area contributed by atoms with E-state index in [2.05, 4.69) is 10.1 Å². The summed E-state index contributed by atoms with van der Waals surface area (Å²) in [5.41, 5.74) is 0.853. The maximum absolute atomic E-state index is 10.9. The molecule has 2 aromatic rings. The molecular formula is C10H11N3O2. The molecule has 2 rings (SSSR count). The third-order valence-electron chi connectivity index (χ3n) is 2.15. The predicted molar refractivity (Wildman–Crippen MR) is 54.0 cm³/mol. The van der Waals surface area contributed by atoms with E-state index in [1.54, 1.807) is 12.3 Å². The zero-order valence-corrected chi connectivity index (χ0v) is 8.51. The average molecular weight is 205 g/mol. The summed E-state index contributed by atoms with van der Waals surface area (Å²) in [6, 6.07) is 3.21. The smallest absolute Gasteiger partial charge is 0.354 e. The fourth-order valence-electron chi connectivity index (χ4n) is 1.34. The predicted octanol–water partition coefficient (Wildman–Crippen LogP) is 1.55. The summed E-state index contributed by atoms with van der Waals surface area (Å²) >= 11 is 0. The van der Waals surface area contributed by atoms with Gasteiger partial charge in [0, 0.05) is 5.92 Å². The van der Waals surface area contributed by atoms with E-state index >= 15 is 0 Å². The minimum Gasteiger partial charge on any atom is -0.477 e. The summed E-state index contributed by atoms with van der Waals surface area (Å²) in [6.45, 7) is 3.93. The van der Waals surface area contributed by atoms with Crippen molar-refractivity contribution in [2.75, 3.05) is 0 Å². The van der Waals surface area contributed by atoms with Gasteiger partial charge in [0.15, 0.2) is 11.5 Å². The molecule has 0 spiro atoms. The van der Waals surface area contributed by atoms with Crippen LogP contribution in [0.2, 0.25) is 0 Å². The van der Waals surface area contributed by atoms with Gasteiger partial charge in [0.25, 0.3) is 0 Å². The number of carboxylic acids is 1. The Hall–Kier alpha value is -1.91. The molecule has 0 aliphatic heterocycles. The lowest BCUT2D eigenvalue weighted by Crippen LogP contribution is -2.08. The van der Waals surface area contributed by atoms with Gasteiger partial charge >= 0.3 is 5.97 Å². The topological polar surface area (TPSA) is 67.5 Å². The zero-order valence-electron chi connectivity index (χ0n) is 8.51. The van der Waals surface area contributed by atoms with Crippen LogP contribution >= 0.6 is 0 Å². The maximum atomic E-state index is 10.9. The van der Waals surface area contributed by atoms with Crippen molar-refractivity contribution >= 4 is 11.5 Å². The van der Waals surface area contributed by atoms with Crippen LogP contribution < -0.4 is 0 Å². The van der Waals surface area contributed by atoms with Crippen LogP contribution in [0.25, 0.3) is 5.52 Å². The van der Waals surface area contributed by atoms with Crippen molar-refractivity contribution in [3.8, 4) is 0 Å². The van der Waals surface area contributed by atoms with E-state index in [1.807, 2.05) is 13.8 Å². The first kappa shape index (κ1) is 9.64. The molecule has 0 fully saturated rings. The van der Waals surface area contributed by atoms with Gasteiger partial charge in [-0.3, -0.25) is 0 Å². The van der Waals surface area contributed by atoms with Crippen molar-refractivity contribution in [1.82, 2.24) is 14.6 Å². The molecule has 0 saturated heterocycles. The van der Waals surface area contributed by atoms with Crippen molar-refractivity contribution in [2.45, 2.75) is 19.8 Å². The van der Waals surface area contributed by atoms with Crippen LogP contribution in [0, 0.1) is 0 Å². The molecule has 78 valence electrons. The molecule has 0 unspecified atom stereocenters. The number of rotatable bonds is 2. The number of hydrogen-bond acceptors (Lipinski definition) is 3. The molecule has 5 nitrogen and oxygen atoms in total. The molecule has 0 atom stereocenters. The maximum Gasteiger partial charge on any atom is 0.354 e. The van der Waals surface area contributed by atoms with Gasteiger partial charge in [-0.25, -0.2) is 14.3 Å². The van der Waals surface area contributed by atoms with Crippen molar-refractivity contribution < 1.29 is 9.90 Å². The van der Waals surface area contributed by atoms with Crippen LogP contribution in [-0.2, 0) is 0 Å². The van der Waals surface area contributed by atoms with Crippen LogP contribution in [0.1, 0.15) is 36.1 Å². The van der Waals surface area contributed by atoms with E-state index in [0.29, 0.717) is 11.3 Å². The van der Waals surface area contributed by atoms with E-state index in [9.17, 15) is 4.79 Å². The van der Waals surface area contributed by atoms with Gasteiger partial charge in [-0.1, -0.05) is 13.8 Å². The lowest BCUT2D eigenvalue weighted by molar-refractivity contribution is 0.0688. The second-order valence-electron chi connectivity index (χ2n) is 3.63. The highest BCUT2D eigenvalue weighted by atomic mass is 16.4. The van der Waals surface area contributed by atoms with E-state index in [-0.39, 0.29) is 11.6 Å². The minimum atomic E-state index is -0.983. The summed E-state index contributed by atoms with van der Waals surface area (Å²) in [4.78, 5) is 15.0.